The Labute approximate surface area is 139 Å². The number of esters is 1. The van der Waals surface area contributed by atoms with Gasteiger partial charge in [-0.2, -0.15) is 0 Å². The number of urea groups is 1. The van der Waals surface area contributed by atoms with Gasteiger partial charge in [-0.3, -0.25) is 10.1 Å². The maximum Gasteiger partial charge on any atom is 0.375 e. The number of fused-ring (bicyclic) bond motifs is 1. The summed E-state index contributed by atoms with van der Waals surface area (Å²) in [6.45, 7) is 4.89. The number of furan rings is 1. The number of imide groups is 1. The van der Waals surface area contributed by atoms with Crippen LogP contribution in [0, 0.1) is 6.92 Å². The van der Waals surface area contributed by atoms with E-state index >= 15 is 0 Å². The molecule has 24 heavy (non-hydrogen) atoms. The molecular weight excluding hydrogens is 312 g/mol. The zero-order valence-corrected chi connectivity index (χ0v) is 13.8. The van der Waals surface area contributed by atoms with Crippen LogP contribution in [0.15, 0.2) is 28.7 Å². The standard InChI is InChI=1S/C17H20N2O5/c1-4-10(2)18-17(22)19-14(20)9-23-16(21)15-11(3)12-7-5-6-8-13(12)24-15/h5-8,10H,4,9H2,1-3H3,(H2,18,19,20,22)/t10-/m1/s1. The number of amides is 3. The Hall–Kier alpha value is -2.83. The van der Waals surface area contributed by atoms with Gasteiger partial charge in [-0.05, 0) is 26.3 Å². The van der Waals surface area contributed by atoms with Crippen molar-refractivity contribution in [2.75, 3.05) is 6.61 Å². The molecule has 3 amide bonds. The van der Waals surface area contributed by atoms with Crippen LogP contribution in [0.5, 0.6) is 0 Å². The molecule has 0 aliphatic heterocycles. The Morgan fingerprint density at radius 3 is 2.62 bits per heavy atom. The molecule has 7 heteroatoms. The quantitative estimate of drug-likeness (QED) is 0.820. The fraction of sp³-hybridized carbons (Fsp3) is 0.353. The van der Waals surface area contributed by atoms with Crippen molar-refractivity contribution in [3.05, 3.63) is 35.6 Å². The highest BCUT2D eigenvalue weighted by molar-refractivity contribution is 5.98. The summed E-state index contributed by atoms with van der Waals surface area (Å²) in [7, 11) is 0. The lowest BCUT2D eigenvalue weighted by molar-refractivity contribution is -0.123. The second-order valence-electron chi connectivity index (χ2n) is 5.46. The minimum Gasteiger partial charge on any atom is -0.450 e. The Morgan fingerprint density at radius 1 is 1.25 bits per heavy atom. The third-order valence-corrected chi connectivity index (χ3v) is 3.61. The number of benzene rings is 1. The highest BCUT2D eigenvalue weighted by Crippen LogP contribution is 2.25. The summed E-state index contributed by atoms with van der Waals surface area (Å²) in [5, 5.41) is 5.48. The lowest BCUT2D eigenvalue weighted by Gasteiger charge is -2.11. The fourth-order valence-electron chi connectivity index (χ4n) is 2.09. The highest BCUT2D eigenvalue weighted by Gasteiger charge is 2.20. The Balaban J connectivity index is 1.91. The summed E-state index contributed by atoms with van der Waals surface area (Å²) in [6, 6.07) is 6.53. The lowest BCUT2D eigenvalue weighted by atomic mass is 10.1. The van der Waals surface area contributed by atoms with Gasteiger partial charge in [-0.1, -0.05) is 25.1 Å². The van der Waals surface area contributed by atoms with E-state index in [-0.39, 0.29) is 11.8 Å². The number of para-hydroxylation sites is 1. The molecule has 0 radical (unpaired) electrons. The van der Waals surface area contributed by atoms with Crippen LogP contribution in [-0.2, 0) is 9.53 Å². The molecule has 0 fully saturated rings. The minimum atomic E-state index is -0.749. The molecule has 2 rings (SSSR count). The van der Waals surface area contributed by atoms with E-state index in [0.717, 1.165) is 11.8 Å². The third-order valence-electron chi connectivity index (χ3n) is 3.61. The molecule has 1 aromatic heterocycles. The van der Waals surface area contributed by atoms with Crippen molar-refractivity contribution in [1.29, 1.82) is 0 Å². The molecule has 0 bridgehead atoms. The Morgan fingerprint density at radius 2 is 1.96 bits per heavy atom. The first-order valence-electron chi connectivity index (χ1n) is 7.68. The molecule has 1 atom stereocenters. The maximum atomic E-state index is 12.1. The van der Waals surface area contributed by atoms with Crippen molar-refractivity contribution in [2.45, 2.75) is 33.2 Å². The van der Waals surface area contributed by atoms with Crippen LogP contribution in [-0.4, -0.2) is 30.6 Å². The predicted octanol–water partition coefficient (Wildman–Crippen LogP) is 2.52. The number of ether oxygens (including phenoxy) is 1. The van der Waals surface area contributed by atoms with Gasteiger partial charge in [-0.25, -0.2) is 9.59 Å². The van der Waals surface area contributed by atoms with Crippen LogP contribution in [0.25, 0.3) is 11.0 Å². The number of hydrogen-bond donors (Lipinski definition) is 2. The number of carbonyl (C=O) groups is 3. The molecule has 2 N–H and O–H groups in total. The number of carbonyl (C=O) groups excluding carboxylic acids is 3. The van der Waals surface area contributed by atoms with Gasteiger partial charge in [0.15, 0.2) is 6.61 Å². The van der Waals surface area contributed by atoms with Crippen molar-refractivity contribution >= 4 is 28.9 Å². The van der Waals surface area contributed by atoms with Gasteiger partial charge in [0.25, 0.3) is 5.91 Å². The molecule has 0 aliphatic carbocycles. The Bertz CT molecular complexity index is 765. The summed E-state index contributed by atoms with van der Waals surface area (Å²) in [4.78, 5) is 35.2. The monoisotopic (exact) mass is 332 g/mol. The van der Waals surface area contributed by atoms with Crippen molar-refractivity contribution < 1.29 is 23.5 Å². The highest BCUT2D eigenvalue weighted by atomic mass is 16.5. The molecule has 0 saturated heterocycles. The van der Waals surface area contributed by atoms with E-state index in [2.05, 4.69) is 10.6 Å². The zero-order chi connectivity index (χ0) is 17.7. The lowest BCUT2D eigenvalue weighted by Crippen LogP contribution is -2.44. The van der Waals surface area contributed by atoms with E-state index < -0.39 is 24.5 Å². The van der Waals surface area contributed by atoms with Crippen LogP contribution in [0.2, 0.25) is 0 Å². The van der Waals surface area contributed by atoms with Crippen molar-refractivity contribution in [2.24, 2.45) is 0 Å². The van der Waals surface area contributed by atoms with Crippen molar-refractivity contribution in [1.82, 2.24) is 10.6 Å². The van der Waals surface area contributed by atoms with Crippen LogP contribution in [0.3, 0.4) is 0 Å². The molecule has 128 valence electrons. The molecule has 2 aromatic rings. The fourth-order valence-corrected chi connectivity index (χ4v) is 2.09. The SMILES string of the molecule is CC[C@@H](C)NC(=O)NC(=O)COC(=O)c1oc2ccccc2c1C. The largest absolute Gasteiger partial charge is 0.450 e. The van der Waals surface area contributed by atoms with E-state index in [9.17, 15) is 14.4 Å². The predicted molar refractivity (Wildman–Crippen MR) is 87.7 cm³/mol. The van der Waals surface area contributed by atoms with E-state index in [1.807, 2.05) is 26.0 Å². The van der Waals surface area contributed by atoms with Gasteiger partial charge in [0, 0.05) is 17.0 Å². The molecular formula is C17H20N2O5. The van der Waals surface area contributed by atoms with Crippen molar-refractivity contribution in [3.63, 3.8) is 0 Å². The van der Waals surface area contributed by atoms with Gasteiger partial charge in [-0.15, -0.1) is 0 Å². The summed E-state index contributed by atoms with van der Waals surface area (Å²) in [6.07, 6.45) is 0.738. The number of nitrogens with one attached hydrogen (secondary N) is 2. The Kier molecular flexibility index (Phi) is 5.57. The first kappa shape index (κ1) is 17.5. The average molecular weight is 332 g/mol. The molecule has 0 aliphatic rings. The maximum absolute atomic E-state index is 12.1. The molecule has 0 spiro atoms. The summed E-state index contributed by atoms with van der Waals surface area (Å²) in [5.74, 6) is -1.41. The molecule has 1 heterocycles. The van der Waals surface area contributed by atoms with E-state index in [1.54, 1.807) is 19.1 Å². The summed E-state index contributed by atoms with van der Waals surface area (Å²) in [5.41, 5.74) is 1.21. The van der Waals surface area contributed by atoms with Gasteiger partial charge < -0.3 is 14.5 Å². The first-order valence-corrected chi connectivity index (χ1v) is 7.68. The molecule has 1 aromatic carbocycles. The van der Waals surface area contributed by atoms with Gasteiger partial charge in [0.2, 0.25) is 5.76 Å². The third kappa shape index (κ3) is 4.13. The number of rotatable bonds is 5. The first-order chi connectivity index (χ1) is 11.4. The number of hydrogen-bond acceptors (Lipinski definition) is 5. The average Bonchev–Trinajstić information content (AvgIpc) is 2.89. The normalized spacial score (nSPS) is 11.8. The summed E-state index contributed by atoms with van der Waals surface area (Å²) >= 11 is 0. The van der Waals surface area contributed by atoms with Crippen LogP contribution >= 0.6 is 0 Å². The minimum absolute atomic E-state index is 0.0491. The second-order valence-corrected chi connectivity index (χ2v) is 5.46. The summed E-state index contributed by atoms with van der Waals surface area (Å²) < 4.78 is 10.4. The topological polar surface area (TPSA) is 97.6 Å². The molecule has 0 saturated carbocycles. The smallest absolute Gasteiger partial charge is 0.375 e. The van der Waals surface area contributed by atoms with Crippen LogP contribution in [0.4, 0.5) is 4.79 Å². The van der Waals surface area contributed by atoms with E-state index in [1.165, 1.54) is 0 Å². The van der Waals surface area contributed by atoms with E-state index in [4.69, 9.17) is 9.15 Å². The van der Waals surface area contributed by atoms with Crippen LogP contribution in [0.1, 0.15) is 36.4 Å². The second kappa shape index (κ2) is 7.63. The van der Waals surface area contributed by atoms with Gasteiger partial charge in [0.1, 0.15) is 5.58 Å². The van der Waals surface area contributed by atoms with Crippen molar-refractivity contribution in [3.8, 4) is 0 Å². The zero-order valence-electron chi connectivity index (χ0n) is 13.8. The van der Waals surface area contributed by atoms with Gasteiger partial charge in [0.05, 0.1) is 0 Å². The molecule has 0 unspecified atom stereocenters. The molecule has 7 nitrogen and oxygen atoms in total. The van der Waals surface area contributed by atoms with Crippen LogP contribution < -0.4 is 10.6 Å². The van der Waals surface area contributed by atoms with E-state index in [0.29, 0.717) is 11.1 Å². The van der Waals surface area contributed by atoms with Gasteiger partial charge >= 0.3 is 12.0 Å². The number of aryl methyl sites for hydroxylation is 1.